The molecular formula is C44H39NS. The second kappa shape index (κ2) is 16.1. The lowest BCUT2D eigenvalue weighted by molar-refractivity contribution is 1.25. The van der Waals surface area contributed by atoms with E-state index < -0.39 is 0 Å². The van der Waals surface area contributed by atoms with Crippen LogP contribution in [0.5, 0.6) is 0 Å². The van der Waals surface area contributed by atoms with Crippen molar-refractivity contribution < 1.29 is 0 Å². The number of rotatable bonds is 9. The molecule has 0 aliphatic carbocycles. The van der Waals surface area contributed by atoms with E-state index in [1.165, 1.54) is 43.3 Å². The second-order valence-corrected chi connectivity index (χ2v) is 11.9. The largest absolute Gasteiger partial charge is 0.310 e. The van der Waals surface area contributed by atoms with Crippen LogP contribution in [0.15, 0.2) is 204 Å². The van der Waals surface area contributed by atoms with Crippen LogP contribution in [0.2, 0.25) is 0 Å². The summed E-state index contributed by atoms with van der Waals surface area (Å²) >= 11 is 1.81. The highest BCUT2D eigenvalue weighted by Crippen LogP contribution is 2.45. The van der Waals surface area contributed by atoms with Gasteiger partial charge in [0.05, 0.1) is 5.69 Å². The molecule has 0 bridgehead atoms. The zero-order chi connectivity index (χ0) is 32.1. The lowest BCUT2D eigenvalue weighted by Gasteiger charge is -2.30. The van der Waals surface area contributed by atoms with Gasteiger partial charge in [0.2, 0.25) is 0 Å². The van der Waals surface area contributed by atoms with Crippen LogP contribution in [-0.2, 0) is 0 Å². The van der Waals surface area contributed by atoms with Crippen molar-refractivity contribution in [2.24, 2.45) is 0 Å². The van der Waals surface area contributed by atoms with Crippen molar-refractivity contribution in [1.82, 2.24) is 0 Å². The molecule has 0 aromatic heterocycles. The predicted octanol–water partition coefficient (Wildman–Crippen LogP) is 13.3. The van der Waals surface area contributed by atoms with Gasteiger partial charge in [-0.1, -0.05) is 164 Å². The van der Waals surface area contributed by atoms with E-state index in [2.05, 4.69) is 183 Å². The van der Waals surface area contributed by atoms with Gasteiger partial charge in [-0.2, -0.15) is 0 Å². The maximum Gasteiger partial charge on any atom is 0.0540 e. The molecule has 0 heterocycles. The van der Waals surface area contributed by atoms with Crippen molar-refractivity contribution in [3.63, 3.8) is 0 Å². The maximum atomic E-state index is 3.56. The Labute approximate surface area is 278 Å². The summed E-state index contributed by atoms with van der Waals surface area (Å²) in [5, 5.41) is 0. The second-order valence-electron chi connectivity index (χ2n) is 10.8. The molecule has 0 N–H and O–H groups in total. The standard InChI is InChI=1S/C37H29NS.C7H10/c1-28-32(34-23-12-14-27-37(34)39-31-20-9-4-10-21-31)24-15-26-35(28)38(30-18-7-3-8-19-30)36-25-13-11-22-33(36)29-16-5-2-6-17-29;1-4-6-7(3)5-2/h2-27H,1H3;4-6H,1-2H2,3H3/b;7-6-. The van der Waals surface area contributed by atoms with Crippen LogP contribution in [0.25, 0.3) is 22.3 Å². The Balaban J connectivity index is 0.000000537. The first kappa shape index (κ1) is 32.1. The number of hydrogen-bond donors (Lipinski definition) is 0. The molecule has 0 saturated heterocycles. The Morgan fingerprint density at radius 2 is 1.11 bits per heavy atom. The fraction of sp³-hybridized carbons (Fsp3) is 0.0455. The minimum atomic E-state index is 1.13. The van der Waals surface area contributed by atoms with Gasteiger partial charge in [0.25, 0.3) is 0 Å². The molecule has 0 aliphatic rings. The van der Waals surface area contributed by atoms with Crippen LogP contribution in [0.1, 0.15) is 12.5 Å². The summed E-state index contributed by atoms with van der Waals surface area (Å²) in [6, 6.07) is 56.0. The van der Waals surface area contributed by atoms with Gasteiger partial charge in [-0.25, -0.2) is 0 Å². The first-order chi connectivity index (χ1) is 22.6. The van der Waals surface area contributed by atoms with Crippen LogP contribution in [0.3, 0.4) is 0 Å². The van der Waals surface area contributed by atoms with E-state index in [9.17, 15) is 0 Å². The van der Waals surface area contributed by atoms with E-state index in [1.807, 2.05) is 24.8 Å². The summed E-state index contributed by atoms with van der Waals surface area (Å²) in [5.41, 5.74) is 10.7. The molecule has 6 aromatic rings. The molecule has 0 unspecified atom stereocenters. The van der Waals surface area contributed by atoms with E-state index in [0.29, 0.717) is 0 Å². The Kier molecular flexibility index (Phi) is 11.3. The van der Waals surface area contributed by atoms with Gasteiger partial charge in [0.15, 0.2) is 0 Å². The quantitative estimate of drug-likeness (QED) is 0.149. The van der Waals surface area contributed by atoms with Gasteiger partial charge < -0.3 is 4.90 Å². The fourth-order valence-corrected chi connectivity index (χ4v) is 6.30. The molecule has 0 saturated carbocycles. The number of nitrogens with zero attached hydrogens (tertiary/aromatic N) is 1. The predicted molar refractivity (Wildman–Crippen MR) is 201 cm³/mol. The van der Waals surface area contributed by atoms with Crippen molar-refractivity contribution in [1.29, 1.82) is 0 Å². The van der Waals surface area contributed by atoms with E-state index in [0.717, 1.165) is 16.9 Å². The number of hydrogen-bond acceptors (Lipinski definition) is 2. The van der Waals surface area contributed by atoms with Gasteiger partial charge in [0.1, 0.15) is 0 Å². The minimum Gasteiger partial charge on any atom is -0.310 e. The number of anilines is 3. The Bertz CT molecular complexity index is 1910. The molecule has 0 fully saturated rings. The molecule has 0 atom stereocenters. The van der Waals surface area contributed by atoms with E-state index in [4.69, 9.17) is 0 Å². The van der Waals surface area contributed by atoms with Gasteiger partial charge in [0, 0.05) is 26.7 Å². The van der Waals surface area contributed by atoms with Crippen molar-refractivity contribution in [2.75, 3.05) is 4.90 Å². The van der Waals surface area contributed by atoms with Crippen molar-refractivity contribution in [3.05, 3.63) is 200 Å². The lowest BCUT2D eigenvalue weighted by Crippen LogP contribution is -2.13. The van der Waals surface area contributed by atoms with Crippen molar-refractivity contribution in [2.45, 2.75) is 23.6 Å². The first-order valence-electron chi connectivity index (χ1n) is 15.4. The third-order valence-electron chi connectivity index (χ3n) is 7.64. The molecule has 0 amide bonds. The third-order valence-corrected chi connectivity index (χ3v) is 8.72. The topological polar surface area (TPSA) is 3.24 Å². The molecular weight excluding hydrogens is 575 g/mol. The summed E-state index contributed by atoms with van der Waals surface area (Å²) in [4.78, 5) is 4.88. The first-order valence-corrected chi connectivity index (χ1v) is 16.3. The number of allylic oxidation sites excluding steroid dienone is 4. The molecule has 6 aromatic carbocycles. The zero-order valence-corrected chi connectivity index (χ0v) is 27.3. The van der Waals surface area contributed by atoms with E-state index in [1.54, 1.807) is 12.2 Å². The Morgan fingerprint density at radius 3 is 1.76 bits per heavy atom. The Morgan fingerprint density at radius 1 is 0.565 bits per heavy atom. The van der Waals surface area contributed by atoms with Gasteiger partial charge in [-0.3, -0.25) is 0 Å². The SMILES string of the molecule is C=C/C=C(/C)C=C.Cc1c(-c2ccccc2Sc2ccccc2)cccc1N(c1ccccc1)c1ccccc1-c1ccccc1. The molecule has 46 heavy (non-hydrogen) atoms. The van der Waals surface area contributed by atoms with Crippen LogP contribution < -0.4 is 4.90 Å². The summed E-state index contributed by atoms with van der Waals surface area (Å²) in [6.07, 6.45) is 5.45. The molecule has 0 radical (unpaired) electrons. The smallest absolute Gasteiger partial charge is 0.0540 e. The normalized spacial score (nSPS) is 10.8. The molecule has 1 nitrogen and oxygen atoms in total. The summed E-state index contributed by atoms with van der Waals surface area (Å²) in [5.74, 6) is 0. The van der Waals surface area contributed by atoms with Gasteiger partial charge in [-0.05, 0) is 78.6 Å². The average Bonchev–Trinajstić information content (AvgIpc) is 3.11. The van der Waals surface area contributed by atoms with E-state index in [-0.39, 0.29) is 0 Å². The molecule has 0 aliphatic heterocycles. The highest BCUT2D eigenvalue weighted by Gasteiger charge is 2.20. The zero-order valence-electron chi connectivity index (χ0n) is 26.5. The molecule has 226 valence electrons. The number of benzene rings is 6. The highest BCUT2D eigenvalue weighted by molar-refractivity contribution is 7.99. The molecule has 2 heteroatoms. The molecule has 6 rings (SSSR count). The van der Waals surface area contributed by atoms with E-state index >= 15 is 0 Å². The Hall–Kier alpha value is -5.31. The monoisotopic (exact) mass is 613 g/mol. The minimum absolute atomic E-state index is 1.13. The van der Waals surface area contributed by atoms with Crippen LogP contribution in [0.4, 0.5) is 17.1 Å². The fourth-order valence-electron chi connectivity index (χ4n) is 5.32. The van der Waals surface area contributed by atoms with Crippen molar-refractivity contribution >= 4 is 28.8 Å². The molecule has 0 spiro atoms. The summed E-state index contributed by atoms with van der Waals surface area (Å²) in [7, 11) is 0. The van der Waals surface area contributed by atoms with Gasteiger partial charge >= 0.3 is 0 Å². The maximum absolute atomic E-state index is 3.56. The summed E-state index contributed by atoms with van der Waals surface area (Å²) in [6.45, 7) is 11.3. The lowest BCUT2D eigenvalue weighted by atomic mass is 9.97. The number of para-hydroxylation sites is 2. The van der Waals surface area contributed by atoms with Crippen molar-refractivity contribution in [3.8, 4) is 22.3 Å². The third kappa shape index (κ3) is 7.85. The van der Waals surface area contributed by atoms with Crippen LogP contribution >= 0.6 is 11.8 Å². The summed E-state index contributed by atoms with van der Waals surface area (Å²) < 4.78 is 0. The highest BCUT2D eigenvalue weighted by atomic mass is 32.2. The van der Waals surface area contributed by atoms with Gasteiger partial charge in [-0.15, -0.1) is 0 Å². The average molecular weight is 614 g/mol. The van der Waals surface area contributed by atoms with Crippen LogP contribution in [0, 0.1) is 6.92 Å². The van der Waals surface area contributed by atoms with Crippen LogP contribution in [-0.4, -0.2) is 0 Å².